The predicted octanol–water partition coefficient (Wildman–Crippen LogP) is 4.20. The Balaban J connectivity index is 0.000000292. The largest absolute Gasteiger partial charge is 0.478 e. The number of carboxylic acid groups (broad SMARTS) is 1. The minimum Gasteiger partial charge on any atom is -0.478 e. The fourth-order valence-electron chi connectivity index (χ4n) is 5.26. The second-order valence-corrected chi connectivity index (χ2v) is 10.1. The zero-order valence-electron chi connectivity index (χ0n) is 22.3. The zero-order valence-corrected chi connectivity index (χ0v) is 22.3. The molecule has 10 heteroatoms. The van der Waals surface area contributed by atoms with Crippen LogP contribution in [0.1, 0.15) is 35.5 Å². The summed E-state index contributed by atoms with van der Waals surface area (Å²) >= 11 is 0. The maximum absolute atomic E-state index is 13.0. The zero-order chi connectivity index (χ0) is 27.5. The monoisotopic (exact) mass is 527 g/mol. The fraction of sp³-hybridized carbons (Fsp3) is 0.310. The number of hydrogen-bond donors (Lipinski definition) is 3. The third-order valence-electron chi connectivity index (χ3n) is 6.84. The van der Waals surface area contributed by atoms with Crippen LogP contribution < -0.4 is 20.4 Å². The van der Waals surface area contributed by atoms with Gasteiger partial charge in [0.2, 0.25) is 0 Å². The van der Waals surface area contributed by atoms with Crippen LogP contribution in [0.2, 0.25) is 0 Å². The van der Waals surface area contributed by atoms with E-state index in [2.05, 4.69) is 45.4 Å². The summed E-state index contributed by atoms with van der Waals surface area (Å²) in [6.45, 7) is 8.92. The van der Waals surface area contributed by atoms with Gasteiger partial charge in [0.15, 0.2) is 0 Å². The van der Waals surface area contributed by atoms with Crippen LogP contribution in [0, 0.1) is 6.92 Å². The van der Waals surface area contributed by atoms with Crippen molar-refractivity contribution in [3.05, 3.63) is 83.9 Å². The molecule has 0 spiro atoms. The van der Waals surface area contributed by atoms with E-state index in [0.717, 1.165) is 47.9 Å². The van der Waals surface area contributed by atoms with Gasteiger partial charge >= 0.3 is 12.0 Å². The molecule has 5 heterocycles. The van der Waals surface area contributed by atoms with Gasteiger partial charge in [-0.25, -0.2) is 19.6 Å². The number of aromatic carboxylic acids is 1. The van der Waals surface area contributed by atoms with E-state index in [1.54, 1.807) is 35.2 Å². The van der Waals surface area contributed by atoms with Crippen LogP contribution >= 0.6 is 0 Å². The lowest BCUT2D eigenvalue weighted by Gasteiger charge is -2.38. The van der Waals surface area contributed by atoms with Crippen LogP contribution in [0.15, 0.2) is 67.1 Å². The van der Waals surface area contributed by atoms with E-state index >= 15 is 0 Å². The Bertz CT molecular complexity index is 1480. The molecular formula is C29H33N7O3. The normalized spacial score (nSPS) is 18.3. The van der Waals surface area contributed by atoms with Gasteiger partial charge in [0.1, 0.15) is 11.5 Å². The topological polar surface area (TPSA) is 115 Å². The first-order chi connectivity index (χ1) is 18.8. The molecule has 39 heavy (non-hydrogen) atoms. The van der Waals surface area contributed by atoms with Crippen molar-refractivity contribution in [1.29, 1.82) is 0 Å². The molecule has 1 aromatic carbocycles. The van der Waals surface area contributed by atoms with Crippen molar-refractivity contribution in [3.63, 3.8) is 0 Å². The average Bonchev–Trinajstić information content (AvgIpc) is 3.51. The number of anilines is 3. The van der Waals surface area contributed by atoms with Crippen LogP contribution in [-0.4, -0.2) is 63.2 Å². The second kappa shape index (κ2) is 11.1. The number of aryl methyl sites for hydroxylation is 1. The second-order valence-electron chi connectivity index (χ2n) is 10.1. The molecule has 0 radical (unpaired) electrons. The number of piperazine rings is 1. The number of hydrogen-bond acceptors (Lipinski definition) is 6. The number of urea groups is 1. The number of fused-ring (bicyclic) bond motifs is 2. The molecule has 6 rings (SSSR count). The molecule has 1 saturated heterocycles. The van der Waals surface area contributed by atoms with Crippen LogP contribution in [0.4, 0.5) is 22.0 Å². The third-order valence-corrected chi connectivity index (χ3v) is 6.84. The van der Waals surface area contributed by atoms with Gasteiger partial charge in [-0.3, -0.25) is 4.90 Å². The van der Waals surface area contributed by atoms with Gasteiger partial charge in [0.25, 0.3) is 0 Å². The molecule has 10 nitrogen and oxygen atoms in total. The first-order valence-electron chi connectivity index (χ1n) is 13.1. The Hall–Kier alpha value is -4.44. The van der Waals surface area contributed by atoms with Crippen molar-refractivity contribution in [2.24, 2.45) is 0 Å². The SMILES string of the molecule is Cc1cn2cc(NC(=O)N3CCc4c(N5C[C@@H](C)N[C@@H](C)C5)ccnc43)ccc2n1.O=C(O)c1ccccc1. The summed E-state index contributed by atoms with van der Waals surface area (Å²) in [6.07, 6.45) is 6.47. The number of carbonyl (C=O) groups is 2. The lowest BCUT2D eigenvalue weighted by atomic mass is 10.1. The van der Waals surface area contributed by atoms with E-state index in [0.29, 0.717) is 24.2 Å². The molecule has 0 aliphatic carbocycles. The Morgan fingerprint density at radius 2 is 1.77 bits per heavy atom. The first kappa shape index (κ1) is 26.2. The van der Waals surface area contributed by atoms with Gasteiger partial charge < -0.3 is 25.0 Å². The maximum Gasteiger partial charge on any atom is 0.335 e. The first-order valence-corrected chi connectivity index (χ1v) is 13.1. The van der Waals surface area contributed by atoms with Crippen LogP contribution in [0.25, 0.3) is 5.65 Å². The van der Waals surface area contributed by atoms with Gasteiger partial charge in [0.05, 0.1) is 16.9 Å². The average molecular weight is 528 g/mol. The van der Waals surface area contributed by atoms with Gasteiger partial charge in [-0.05, 0) is 57.5 Å². The maximum atomic E-state index is 13.0. The van der Waals surface area contributed by atoms with Crippen molar-refractivity contribution in [2.75, 3.05) is 34.8 Å². The summed E-state index contributed by atoms with van der Waals surface area (Å²) in [4.78, 5) is 36.4. The number of nitrogens with one attached hydrogen (secondary N) is 2. The Morgan fingerprint density at radius 3 is 2.46 bits per heavy atom. The van der Waals surface area contributed by atoms with Gasteiger partial charge in [0, 0.05) is 61.6 Å². The van der Waals surface area contributed by atoms with Crippen LogP contribution in [-0.2, 0) is 6.42 Å². The summed E-state index contributed by atoms with van der Waals surface area (Å²) in [5.74, 6) is -0.112. The number of benzene rings is 1. The summed E-state index contributed by atoms with van der Waals surface area (Å²) < 4.78 is 1.92. The number of amides is 2. The highest BCUT2D eigenvalue weighted by atomic mass is 16.4. The highest BCUT2D eigenvalue weighted by Gasteiger charge is 2.31. The Kier molecular flexibility index (Phi) is 7.47. The quantitative estimate of drug-likeness (QED) is 0.366. The van der Waals surface area contributed by atoms with Gasteiger partial charge in [-0.2, -0.15) is 0 Å². The number of nitrogens with zero attached hydrogens (tertiary/aromatic N) is 5. The molecule has 0 bridgehead atoms. The van der Waals surface area contributed by atoms with Crippen molar-refractivity contribution < 1.29 is 14.7 Å². The number of carboxylic acids is 1. The van der Waals surface area contributed by atoms with E-state index in [9.17, 15) is 9.59 Å². The van der Waals surface area contributed by atoms with E-state index < -0.39 is 5.97 Å². The molecule has 4 aromatic rings. The molecule has 202 valence electrons. The number of imidazole rings is 1. The number of carbonyl (C=O) groups excluding carboxylic acids is 1. The predicted molar refractivity (Wildman–Crippen MR) is 152 cm³/mol. The summed E-state index contributed by atoms with van der Waals surface area (Å²) in [5.41, 5.74) is 5.24. The van der Waals surface area contributed by atoms with E-state index in [-0.39, 0.29) is 6.03 Å². The molecule has 2 aliphatic rings. The summed E-state index contributed by atoms with van der Waals surface area (Å²) in [5, 5.41) is 15.0. The lowest BCUT2D eigenvalue weighted by molar-refractivity contribution is 0.0697. The highest BCUT2D eigenvalue weighted by Crippen LogP contribution is 2.34. The number of aromatic nitrogens is 3. The lowest BCUT2D eigenvalue weighted by Crippen LogP contribution is -2.54. The van der Waals surface area contributed by atoms with Crippen molar-refractivity contribution in [1.82, 2.24) is 19.7 Å². The highest BCUT2D eigenvalue weighted by molar-refractivity contribution is 6.03. The van der Waals surface area contributed by atoms with Crippen molar-refractivity contribution in [2.45, 2.75) is 39.3 Å². The summed E-state index contributed by atoms with van der Waals surface area (Å²) in [7, 11) is 0. The van der Waals surface area contributed by atoms with E-state index in [1.807, 2.05) is 42.0 Å². The van der Waals surface area contributed by atoms with E-state index in [1.165, 1.54) is 5.69 Å². The number of pyridine rings is 2. The molecule has 1 fully saturated rings. The molecule has 3 aromatic heterocycles. The number of rotatable bonds is 3. The summed E-state index contributed by atoms with van der Waals surface area (Å²) in [6, 6.07) is 14.9. The molecule has 0 unspecified atom stereocenters. The third kappa shape index (κ3) is 5.85. The Labute approximate surface area is 227 Å². The molecular weight excluding hydrogens is 494 g/mol. The molecule has 2 aliphatic heterocycles. The minimum atomic E-state index is -0.879. The Morgan fingerprint density at radius 1 is 1.03 bits per heavy atom. The minimum absolute atomic E-state index is 0.156. The van der Waals surface area contributed by atoms with Crippen molar-refractivity contribution >= 4 is 34.8 Å². The van der Waals surface area contributed by atoms with Gasteiger partial charge in [-0.15, -0.1) is 0 Å². The molecule has 2 amide bonds. The van der Waals surface area contributed by atoms with Crippen molar-refractivity contribution in [3.8, 4) is 0 Å². The molecule has 0 saturated carbocycles. The smallest absolute Gasteiger partial charge is 0.335 e. The van der Waals surface area contributed by atoms with Gasteiger partial charge in [-0.1, -0.05) is 18.2 Å². The van der Waals surface area contributed by atoms with Crippen LogP contribution in [0.3, 0.4) is 0 Å². The molecule has 3 N–H and O–H groups in total. The molecule has 2 atom stereocenters. The van der Waals surface area contributed by atoms with E-state index in [4.69, 9.17) is 5.11 Å². The standard InChI is InChI=1S/C22H27N7O.C7H6O2/c1-14-10-27(11-15(2)24-14)19-6-8-23-21-18(19)7-9-29(21)22(30)26-17-4-5-20-25-16(3)12-28(20)13-17;8-7(9)6-4-2-1-3-5-6/h4-6,8,12-15,24H,7,9-11H2,1-3H3,(H,26,30);1-5H,(H,8,9)/t14-,15+;. The van der Waals surface area contributed by atoms with Crippen LogP contribution in [0.5, 0.6) is 0 Å². The fourth-order valence-corrected chi connectivity index (χ4v) is 5.26.